The van der Waals surface area contributed by atoms with Crippen LogP contribution in [0, 0.1) is 0 Å². The second-order valence-corrected chi connectivity index (χ2v) is 7.07. The number of aliphatic hydroxyl groups is 1. The Morgan fingerprint density at radius 2 is 2.10 bits per heavy atom. The molecule has 0 aliphatic rings. The van der Waals surface area contributed by atoms with Crippen molar-refractivity contribution >= 4 is 33.0 Å². The molecule has 0 amide bonds. The van der Waals surface area contributed by atoms with E-state index in [4.69, 9.17) is 23.2 Å². The SMILES string of the molecule is CS(=O)(=O)c1nccn1CC(O)c1cc(Cl)ccc1Cl. The highest BCUT2D eigenvalue weighted by molar-refractivity contribution is 7.90. The molecule has 5 nitrogen and oxygen atoms in total. The van der Waals surface area contributed by atoms with Crippen molar-refractivity contribution < 1.29 is 13.5 Å². The molecule has 0 saturated heterocycles. The van der Waals surface area contributed by atoms with Crippen LogP contribution in [0.3, 0.4) is 0 Å². The summed E-state index contributed by atoms with van der Waals surface area (Å²) in [5, 5.41) is 10.9. The molecule has 1 N–H and O–H groups in total. The van der Waals surface area contributed by atoms with Crippen molar-refractivity contribution in [3.05, 3.63) is 46.2 Å². The van der Waals surface area contributed by atoms with E-state index >= 15 is 0 Å². The number of hydrogen-bond donors (Lipinski definition) is 1. The highest BCUT2D eigenvalue weighted by Gasteiger charge is 2.19. The summed E-state index contributed by atoms with van der Waals surface area (Å²) in [6, 6.07) is 4.73. The Labute approximate surface area is 126 Å². The molecule has 1 aromatic carbocycles. The van der Waals surface area contributed by atoms with Crippen molar-refractivity contribution in [1.29, 1.82) is 0 Å². The van der Waals surface area contributed by atoms with Crippen LogP contribution in [0.25, 0.3) is 0 Å². The van der Waals surface area contributed by atoms with Crippen molar-refractivity contribution in [3.8, 4) is 0 Å². The average Bonchev–Trinajstić information content (AvgIpc) is 2.80. The van der Waals surface area contributed by atoms with Gasteiger partial charge in [-0.15, -0.1) is 0 Å². The van der Waals surface area contributed by atoms with Crippen LogP contribution in [-0.2, 0) is 16.4 Å². The van der Waals surface area contributed by atoms with Gasteiger partial charge in [-0.2, -0.15) is 0 Å². The standard InChI is InChI=1S/C12H12Cl2N2O3S/c1-20(18,19)12-15-4-5-16(12)7-11(17)9-6-8(13)2-3-10(9)14/h2-6,11,17H,7H2,1H3. The summed E-state index contributed by atoms with van der Waals surface area (Å²) >= 11 is 11.9. The van der Waals surface area contributed by atoms with E-state index in [1.54, 1.807) is 18.2 Å². The largest absolute Gasteiger partial charge is 0.386 e. The average molecular weight is 335 g/mol. The van der Waals surface area contributed by atoms with Crippen LogP contribution in [0.1, 0.15) is 11.7 Å². The summed E-state index contributed by atoms with van der Waals surface area (Å²) in [4.78, 5) is 3.78. The maximum absolute atomic E-state index is 11.5. The van der Waals surface area contributed by atoms with Crippen LogP contribution in [0.4, 0.5) is 0 Å². The highest BCUT2D eigenvalue weighted by atomic mass is 35.5. The Morgan fingerprint density at radius 1 is 1.40 bits per heavy atom. The van der Waals surface area contributed by atoms with Crippen LogP contribution in [0.15, 0.2) is 35.7 Å². The number of aromatic nitrogens is 2. The first-order chi connectivity index (χ1) is 9.29. The molecule has 2 rings (SSSR count). The van der Waals surface area contributed by atoms with Crippen LogP contribution in [0.2, 0.25) is 10.0 Å². The first-order valence-electron chi connectivity index (χ1n) is 5.63. The number of rotatable bonds is 4. The van der Waals surface area contributed by atoms with Crippen molar-refractivity contribution in [2.45, 2.75) is 17.8 Å². The van der Waals surface area contributed by atoms with Crippen LogP contribution in [0.5, 0.6) is 0 Å². The normalized spacial score (nSPS) is 13.4. The molecule has 2 aromatic rings. The van der Waals surface area contributed by atoms with E-state index in [0.29, 0.717) is 15.6 Å². The highest BCUT2D eigenvalue weighted by Crippen LogP contribution is 2.27. The quantitative estimate of drug-likeness (QED) is 0.931. The molecule has 0 fully saturated rings. The molecule has 0 radical (unpaired) electrons. The van der Waals surface area contributed by atoms with Crippen molar-refractivity contribution in [2.75, 3.05) is 6.26 Å². The fourth-order valence-corrected chi connectivity index (χ4v) is 3.06. The Hall–Kier alpha value is -1.08. The Kier molecular flexibility index (Phi) is 4.39. The molecule has 1 aromatic heterocycles. The van der Waals surface area contributed by atoms with Crippen LogP contribution in [-0.4, -0.2) is 29.3 Å². The van der Waals surface area contributed by atoms with Gasteiger partial charge >= 0.3 is 0 Å². The molecular formula is C12H12Cl2N2O3S. The number of benzene rings is 1. The topological polar surface area (TPSA) is 72.2 Å². The van der Waals surface area contributed by atoms with Gasteiger partial charge in [-0.25, -0.2) is 13.4 Å². The lowest BCUT2D eigenvalue weighted by atomic mass is 10.1. The summed E-state index contributed by atoms with van der Waals surface area (Å²) < 4.78 is 24.4. The van der Waals surface area contributed by atoms with E-state index in [9.17, 15) is 13.5 Å². The molecule has 0 aliphatic heterocycles. The first kappa shape index (κ1) is 15.3. The lowest BCUT2D eigenvalue weighted by Gasteiger charge is -2.15. The van der Waals surface area contributed by atoms with Gasteiger partial charge in [-0.05, 0) is 18.2 Å². The zero-order chi connectivity index (χ0) is 14.9. The lowest BCUT2D eigenvalue weighted by molar-refractivity contribution is 0.153. The molecule has 20 heavy (non-hydrogen) atoms. The zero-order valence-electron chi connectivity index (χ0n) is 10.5. The molecule has 8 heteroatoms. The molecule has 1 atom stereocenters. The summed E-state index contributed by atoms with van der Waals surface area (Å²) in [6.07, 6.45) is 2.92. The first-order valence-corrected chi connectivity index (χ1v) is 8.28. The molecule has 1 heterocycles. The van der Waals surface area contributed by atoms with Crippen LogP contribution >= 0.6 is 23.2 Å². The van der Waals surface area contributed by atoms with E-state index in [1.807, 2.05) is 0 Å². The number of imidazole rings is 1. The fraction of sp³-hybridized carbons (Fsp3) is 0.250. The Morgan fingerprint density at radius 3 is 2.75 bits per heavy atom. The third-order valence-electron chi connectivity index (χ3n) is 2.70. The minimum absolute atomic E-state index is 0.0163. The molecule has 108 valence electrons. The van der Waals surface area contributed by atoms with Gasteiger partial charge in [-0.1, -0.05) is 23.2 Å². The van der Waals surface area contributed by atoms with Gasteiger partial charge in [0.15, 0.2) is 0 Å². The molecule has 0 aliphatic carbocycles. The van der Waals surface area contributed by atoms with E-state index in [1.165, 1.54) is 17.0 Å². The van der Waals surface area contributed by atoms with Gasteiger partial charge in [-0.3, -0.25) is 0 Å². The Bertz CT molecular complexity index is 728. The second kappa shape index (κ2) is 5.73. The molecular weight excluding hydrogens is 323 g/mol. The third kappa shape index (κ3) is 3.32. The van der Waals surface area contributed by atoms with Gasteiger partial charge in [0, 0.05) is 34.3 Å². The maximum Gasteiger partial charge on any atom is 0.227 e. The number of aliphatic hydroxyl groups excluding tert-OH is 1. The fourth-order valence-electron chi connectivity index (χ4n) is 1.82. The number of hydrogen-bond acceptors (Lipinski definition) is 4. The number of sulfone groups is 1. The van der Waals surface area contributed by atoms with Crippen LogP contribution < -0.4 is 0 Å². The van der Waals surface area contributed by atoms with Gasteiger partial charge < -0.3 is 9.67 Å². The van der Waals surface area contributed by atoms with Crippen molar-refractivity contribution in [3.63, 3.8) is 0 Å². The second-order valence-electron chi connectivity index (χ2n) is 4.32. The predicted octanol–water partition coefficient (Wildman–Crippen LogP) is 2.33. The number of halogens is 2. The van der Waals surface area contributed by atoms with E-state index < -0.39 is 15.9 Å². The summed E-state index contributed by atoms with van der Waals surface area (Å²) in [5.41, 5.74) is 0.437. The number of nitrogens with zero attached hydrogens (tertiary/aromatic N) is 2. The molecule has 0 saturated carbocycles. The predicted molar refractivity (Wildman–Crippen MR) is 76.8 cm³/mol. The van der Waals surface area contributed by atoms with Gasteiger partial charge in [0.05, 0.1) is 12.6 Å². The van der Waals surface area contributed by atoms with Crippen molar-refractivity contribution in [2.24, 2.45) is 0 Å². The van der Waals surface area contributed by atoms with Gasteiger partial charge in [0.1, 0.15) is 0 Å². The summed E-state index contributed by atoms with van der Waals surface area (Å²) in [7, 11) is -3.45. The molecule has 0 spiro atoms. The molecule has 0 bridgehead atoms. The Balaban J connectivity index is 2.31. The summed E-state index contributed by atoms with van der Waals surface area (Å²) in [6.45, 7) is 0.0163. The van der Waals surface area contributed by atoms with Gasteiger partial charge in [0.2, 0.25) is 15.0 Å². The van der Waals surface area contributed by atoms with Gasteiger partial charge in [0.25, 0.3) is 0 Å². The third-order valence-corrected chi connectivity index (χ3v) is 4.28. The van der Waals surface area contributed by atoms with Crippen molar-refractivity contribution in [1.82, 2.24) is 9.55 Å². The maximum atomic E-state index is 11.5. The smallest absolute Gasteiger partial charge is 0.227 e. The van der Waals surface area contributed by atoms with E-state index in [-0.39, 0.29) is 11.7 Å². The monoisotopic (exact) mass is 334 g/mol. The minimum atomic E-state index is -3.45. The summed E-state index contributed by atoms with van der Waals surface area (Å²) in [5.74, 6) is 0. The zero-order valence-corrected chi connectivity index (χ0v) is 12.8. The van der Waals surface area contributed by atoms with E-state index in [2.05, 4.69) is 4.98 Å². The lowest BCUT2D eigenvalue weighted by Crippen LogP contribution is -2.14. The molecule has 1 unspecified atom stereocenters. The minimum Gasteiger partial charge on any atom is -0.386 e. The van der Waals surface area contributed by atoms with E-state index in [0.717, 1.165) is 6.26 Å².